The molecular weight excluding hydrogens is 166 g/mol. The average Bonchev–Trinajstić information content (AvgIpc) is 2.04. The highest BCUT2D eigenvalue weighted by Gasteiger charge is 1.97. The third kappa shape index (κ3) is 7.81. The number of rotatable bonds is 6. The van der Waals surface area contributed by atoms with Crippen LogP contribution in [0.1, 0.15) is 0 Å². The summed E-state index contributed by atoms with van der Waals surface area (Å²) in [6.07, 6.45) is 3.02. The van der Waals surface area contributed by atoms with Gasteiger partial charge >= 0.3 is 0 Å². The van der Waals surface area contributed by atoms with Crippen LogP contribution >= 0.6 is 11.6 Å². The Labute approximate surface area is 71.7 Å². The second kappa shape index (κ2) is 8.01. The predicted octanol–water partition coefficient (Wildman–Crippen LogP) is -0.276. The van der Waals surface area contributed by atoms with Gasteiger partial charge in [0.05, 0.1) is 12.7 Å². The first-order valence-corrected chi connectivity index (χ1v) is 4.05. The van der Waals surface area contributed by atoms with Gasteiger partial charge < -0.3 is 15.5 Å². The molecule has 1 unspecified atom stereocenters. The SMILES string of the molecule is OCC(O)CNC/C=C/CCl. The Bertz CT molecular complexity index is 109. The van der Waals surface area contributed by atoms with Crippen LogP contribution in [-0.2, 0) is 0 Å². The van der Waals surface area contributed by atoms with Crippen LogP contribution in [-0.4, -0.2) is 41.9 Å². The predicted molar refractivity (Wildman–Crippen MR) is 45.8 cm³/mol. The molecule has 11 heavy (non-hydrogen) atoms. The number of alkyl halides is 1. The second-order valence-corrected chi connectivity index (χ2v) is 2.43. The third-order valence-electron chi connectivity index (χ3n) is 1.11. The summed E-state index contributed by atoms with van der Waals surface area (Å²) in [6.45, 7) is 0.874. The van der Waals surface area contributed by atoms with Crippen molar-refractivity contribution in [3.63, 3.8) is 0 Å². The van der Waals surface area contributed by atoms with Crippen LogP contribution in [0.15, 0.2) is 12.2 Å². The van der Waals surface area contributed by atoms with Gasteiger partial charge in [-0.25, -0.2) is 0 Å². The molecule has 0 aliphatic heterocycles. The molecule has 0 amide bonds. The summed E-state index contributed by atoms with van der Waals surface area (Å²) in [5.74, 6) is 0.504. The first-order chi connectivity index (χ1) is 5.31. The molecule has 0 rings (SSSR count). The molecule has 0 aromatic rings. The van der Waals surface area contributed by atoms with E-state index in [0.717, 1.165) is 0 Å². The molecular formula is C7H14ClNO2. The molecule has 0 aromatic carbocycles. The summed E-state index contributed by atoms with van der Waals surface area (Å²) in [4.78, 5) is 0. The summed E-state index contributed by atoms with van der Waals surface area (Å²) in [7, 11) is 0. The van der Waals surface area contributed by atoms with Crippen molar-refractivity contribution >= 4 is 11.6 Å². The van der Waals surface area contributed by atoms with Gasteiger partial charge in [-0.1, -0.05) is 12.2 Å². The number of aliphatic hydroxyl groups excluding tert-OH is 2. The lowest BCUT2D eigenvalue weighted by Gasteiger charge is -2.05. The zero-order chi connectivity index (χ0) is 8.53. The molecule has 0 bridgehead atoms. The van der Waals surface area contributed by atoms with Gasteiger partial charge in [0.1, 0.15) is 0 Å². The second-order valence-electron chi connectivity index (χ2n) is 2.12. The van der Waals surface area contributed by atoms with Crippen LogP contribution in [0.25, 0.3) is 0 Å². The highest BCUT2D eigenvalue weighted by molar-refractivity contribution is 6.18. The Hall–Kier alpha value is -0.0900. The lowest BCUT2D eigenvalue weighted by Crippen LogP contribution is -2.29. The zero-order valence-electron chi connectivity index (χ0n) is 6.33. The molecule has 3 N–H and O–H groups in total. The number of aliphatic hydroxyl groups is 2. The Morgan fingerprint density at radius 1 is 1.45 bits per heavy atom. The maximum Gasteiger partial charge on any atom is 0.0895 e. The smallest absolute Gasteiger partial charge is 0.0895 e. The molecule has 0 saturated heterocycles. The summed E-state index contributed by atoms with van der Waals surface area (Å²) in [5.41, 5.74) is 0. The summed E-state index contributed by atoms with van der Waals surface area (Å²) < 4.78 is 0. The number of hydrogen-bond acceptors (Lipinski definition) is 3. The molecule has 0 heterocycles. The maximum absolute atomic E-state index is 8.85. The molecule has 4 heteroatoms. The van der Waals surface area contributed by atoms with E-state index in [2.05, 4.69) is 5.32 Å². The van der Waals surface area contributed by atoms with Gasteiger partial charge in [0.25, 0.3) is 0 Å². The monoisotopic (exact) mass is 179 g/mol. The van der Waals surface area contributed by atoms with E-state index in [1.807, 2.05) is 12.2 Å². The minimum Gasteiger partial charge on any atom is -0.394 e. The van der Waals surface area contributed by atoms with Crippen molar-refractivity contribution in [3.05, 3.63) is 12.2 Å². The van der Waals surface area contributed by atoms with Crippen molar-refractivity contribution in [1.29, 1.82) is 0 Å². The number of halogens is 1. The fourth-order valence-electron chi connectivity index (χ4n) is 0.544. The molecule has 0 aliphatic carbocycles. The molecule has 0 fully saturated rings. The van der Waals surface area contributed by atoms with E-state index in [0.29, 0.717) is 19.0 Å². The van der Waals surface area contributed by atoms with Crippen LogP contribution < -0.4 is 5.32 Å². The third-order valence-corrected chi connectivity index (χ3v) is 1.29. The molecule has 0 saturated carbocycles. The zero-order valence-corrected chi connectivity index (χ0v) is 7.09. The van der Waals surface area contributed by atoms with E-state index in [4.69, 9.17) is 21.8 Å². The van der Waals surface area contributed by atoms with Crippen molar-refractivity contribution in [2.24, 2.45) is 0 Å². The minimum absolute atomic E-state index is 0.202. The van der Waals surface area contributed by atoms with E-state index in [1.165, 1.54) is 0 Å². The standard InChI is InChI=1S/C7H14ClNO2/c8-3-1-2-4-9-5-7(11)6-10/h1-2,7,9-11H,3-6H2/b2-1+. The Morgan fingerprint density at radius 3 is 2.73 bits per heavy atom. The van der Waals surface area contributed by atoms with E-state index >= 15 is 0 Å². The molecule has 3 nitrogen and oxygen atoms in total. The van der Waals surface area contributed by atoms with Gasteiger partial charge in [0.2, 0.25) is 0 Å². The van der Waals surface area contributed by atoms with Gasteiger partial charge in [-0.15, -0.1) is 11.6 Å². The Morgan fingerprint density at radius 2 is 2.18 bits per heavy atom. The van der Waals surface area contributed by atoms with Crippen LogP contribution in [0.4, 0.5) is 0 Å². The normalized spacial score (nSPS) is 14.1. The van der Waals surface area contributed by atoms with Crippen molar-refractivity contribution in [3.8, 4) is 0 Å². The van der Waals surface area contributed by atoms with Crippen molar-refractivity contribution < 1.29 is 10.2 Å². The van der Waals surface area contributed by atoms with Crippen molar-refractivity contribution in [2.45, 2.75) is 6.10 Å². The molecule has 0 aromatic heterocycles. The molecule has 0 aliphatic rings. The lowest BCUT2D eigenvalue weighted by molar-refractivity contribution is 0.0953. The van der Waals surface area contributed by atoms with Crippen LogP contribution in [0.3, 0.4) is 0 Å². The number of hydrogen-bond donors (Lipinski definition) is 3. The first kappa shape index (κ1) is 10.9. The minimum atomic E-state index is -0.667. The van der Waals surface area contributed by atoms with Crippen molar-refractivity contribution in [1.82, 2.24) is 5.32 Å². The topological polar surface area (TPSA) is 52.5 Å². The molecule has 0 radical (unpaired) electrons. The van der Waals surface area contributed by atoms with Gasteiger partial charge in [-0.05, 0) is 0 Å². The van der Waals surface area contributed by atoms with E-state index in [1.54, 1.807) is 0 Å². The van der Waals surface area contributed by atoms with Crippen LogP contribution in [0.2, 0.25) is 0 Å². The fourth-order valence-corrected chi connectivity index (χ4v) is 0.670. The van der Waals surface area contributed by atoms with Gasteiger partial charge in [-0.3, -0.25) is 0 Å². The average molecular weight is 180 g/mol. The molecule has 1 atom stereocenters. The van der Waals surface area contributed by atoms with Crippen molar-refractivity contribution in [2.75, 3.05) is 25.6 Å². The van der Waals surface area contributed by atoms with E-state index < -0.39 is 6.10 Å². The lowest BCUT2D eigenvalue weighted by atomic mass is 10.4. The van der Waals surface area contributed by atoms with E-state index in [-0.39, 0.29) is 6.61 Å². The maximum atomic E-state index is 8.85. The van der Waals surface area contributed by atoms with Gasteiger partial charge in [-0.2, -0.15) is 0 Å². The quantitative estimate of drug-likeness (QED) is 0.299. The highest BCUT2D eigenvalue weighted by atomic mass is 35.5. The number of nitrogens with one attached hydrogen (secondary N) is 1. The first-order valence-electron chi connectivity index (χ1n) is 3.52. The fraction of sp³-hybridized carbons (Fsp3) is 0.714. The number of allylic oxidation sites excluding steroid dienone is 1. The summed E-state index contributed by atoms with van der Waals surface area (Å²) in [5, 5.41) is 20.2. The van der Waals surface area contributed by atoms with E-state index in [9.17, 15) is 0 Å². The van der Waals surface area contributed by atoms with Crippen LogP contribution in [0, 0.1) is 0 Å². The van der Waals surface area contributed by atoms with Gasteiger partial charge in [0.15, 0.2) is 0 Å². The summed E-state index contributed by atoms with van der Waals surface area (Å²) in [6, 6.07) is 0. The Balaban J connectivity index is 3.07. The molecule has 0 spiro atoms. The Kier molecular flexibility index (Phi) is 7.95. The van der Waals surface area contributed by atoms with Gasteiger partial charge in [0, 0.05) is 19.0 Å². The van der Waals surface area contributed by atoms with Crippen LogP contribution in [0.5, 0.6) is 0 Å². The largest absolute Gasteiger partial charge is 0.394 e. The highest BCUT2D eigenvalue weighted by Crippen LogP contribution is 1.78. The molecule has 66 valence electrons. The summed E-state index contributed by atoms with van der Waals surface area (Å²) >= 11 is 5.37.